The molecule has 0 saturated heterocycles. The van der Waals surface area contributed by atoms with Crippen LogP contribution in [0.2, 0.25) is 0 Å². The van der Waals surface area contributed by atoms with Crippen molar-refractivity contribution in [1.82, 2.24) is 9.97 Å². The van der Waals surface area contributed by atoms with Crippen molar-refractivity contribution in [3.63, 3.8) is 0 Å². The summed E-state index contributed by atoms with van der Waals surface area (Å²) >= 11 is 0. The van der Waals surface area contributed by atoms with Gasteiger partial charge in [0.15, 0.2) is 5.82 Å². The normalized spacial score (nSPS) is 12.9. The molecule has 0 atom stereocenters. The first-order valence-corrected chi connectivity index (χ1v) is 19.7. The molecule has 268 valence electrons. The predicted octanol–water partition coefficient (Wildman–Crippen LogP) is 14.6. The maximum atomic E-state index is 5.26. The van der Waals surface area contributed by atoms with Crippen molar-refractivity contribution in [3.8, 4) is 67.3 Å². The van der Waals surface area contributed by atoms with E-state index >= 15 is 0 Å². The molecule has 0 spiro atoms. The first kappa shape index (κ1) is 33.2. The minimum atomic E-state index is -0.121. The summed E-state index contributed by atoms with van der Waals surface area (Å²) in [5.74, 6) is 0.715. The summed E-state index contributed by atoms with van der Waals surface area (Å²) in [6.45, 7) is 4.75. The average Bonchev–Trinajstić information content (AvgIpc) is 3.50. The van der Waals surface area contributed by atoms with Gasteiger partial charge in [-0.3, -0.25) is 0 Å². The third-order valence-electron chi connectivity index (χ3n) is 12.1. The van der Waals surface area contributed by atoms with E-state index in [9.17, 15) is 0 Å². The molecule has 2 nitrogen and oxygen atoms in total. The summed E-state index contributed by atoms with van der Waals surface area (Å²) < 4.78 is 0. The monoisotopic (exact) mass is 726 g/mol. The van der Waals surface area contributed by atoms with E-state index in [0.29, 0.717) is 5.82 Å². The van der Waals surface area contributed by atoms with Crippen LogP contribution in [0.1, 0.15) is 25.0 Å². The van der Waals surface area contributed by atoms with Gasteiger partial charge < -0.3 is 0 Å². The molecule has 0 N–H and O–H groups in total. The van der Waals surface area contributed by atoms with Gasteiger partial charge >= 0.3 is 0 Å². The maximum Gasteiger partial charge on any atom is 0.161 e. The lowest BCUT2D eigenvalue weighted by Gasteiger charge is -2.25. The van der Waals surface area contributed by atoms with Crippen LogP contribution >= 0.6 is 0 Å². The molecule has 1 aromatic heterocycles. The van der Waals surface area contributed by atoms with Crippen LogP contribution in [0, 0.1) is 0 Å². The topological polar surface area (TPSA) is 25.8 Å². The van der Waals surface area contributed by atoms with Crippen LogP contribution in [0.25, 0.3) is 99.6 Å². The first-order chi connectivity index (χ1) is 28.0. The van der Waals surface area contributed by atoms with E-state index in [4.69, 9.17) is 9.97 Å². The molecule has 0 radical (unpaired) electrons. The minimum absolute atomic E-state index is 0.121. The Morgan fingerprint density at radius 3 is 1.61 bits per heavy atom. The number of rotatable bonds is 5. The van der Waals surface area contributed by atoms with Crippen LogP contribution in [-0.4, -0.2) is 9.97 Å². The lowest BCUT2D eigenvalue weighted by molar-refractivity contribution is 0.663. The molecule has 0 unspecified atom stereocenters. The summed E-state index contributed by atoms with van der Waals surface area (Å²) in [5.41, 5.74) is 15.2. The zero-order valence-corrected chi connectivity index (χ0v) is 31.9. The van der Waals surface area contributed by atoms with Crippen LogP contribution < -0.4 is 0 Å². The van der Waals surface area contributed by atoms with E-state index in [0.717, 1.165) is 33.5 Å². The first-order valence-electron chi connectivity index (χ1n) is 19.7. The number of benzene rings is 9. The minimum Gasteiger partial charge on any atom is -0.228 e. The van der Waals surface area contributed by atoms with E-state index in [1.165, 1.54) is 71.4 Å². The standard InChI is InChI=1S/C55H38N2/c1-55(2)50-33-41-18-9-8-17-40(41)32-49(50)47-22-12-21-44(53(47)55)37-26-24-36(25-27-37)43-29-30-48(46-20-11-10-19-45(43)46)54-56-51(38-14-4-3-5-15-38)34-52(57-54)42-28-23-35-13-6-7-16-39(35)31-42/h3-34H,1-2H3. The molecule has 0 saturated carbocycles. The molecule has 10 aromatic rings. The van der Waals surface area contributed by atoms with Gasteiger partial charge in [0.05, 0.1) is 11.4 Å². The Hall–Kier alpha value is -7.16. The van der Waals surface area contributed by atoms with Crippen LogP contribution in [0.15, 0.2) is 194 Å². The fourth-order valence-corrected chi connectivity index (χ4v) is 9.20. The van der Waals surface area contributed by atoms with E-state index < -0.39 is 0 Å². The van der Waals surface area contributed by atoms with Crippen LogP contribution in [0.5, 0.6) is 0 Å². The van der Waals surface area contributed by atoms with Crippen LogP contribution in [0.4, 0.5) is 0 Å². The molecule has 0 amide bonds. The quantitative estimate of drug-likeness (QED) is 0.176. The number of hydrogen-bond donors (Lipinski definition) is 0. The van der Waals surface area contributed by atoms with Crippen molar-refractivity contribution in [2.24, 2.45) is 0 Å². The van der Waals surface area contributed by atoms with Crippen molar-refractivity contribution in [2.75, 3.05) is 0 Å². The SMILES string of the molecule is CC1(C)c2cc3ccccc3cc2-c2cccc(-c3ccc(-c4ccc(-c5nc(-c6ccccc6)cc(-c6ccc7ccccc7c6)n5)c5ccccc45)cc3)c21. The smallest absolute Gasteiger partial charge is 0.161 e. The summed E-state index contributed by atoms with van der Waals surface area (Å²) in [6, 6.07) is 70.1. The number of hydrogen-bond acceptors (Lipinski definition) is 2. The molecular formula is C55H38N2. The van der Waals surface area contributed by atoms with Crippen LogP contribution in [-0.2, 0) is 5.41 Å². The van der Waals surface area contributed by atoms with Gasteiger partial charge in [-0.1, -0.05) is 178 Å². The van der Waals surface area contributed by atoms with Gasteiger partial charge in [-0.05, 0) is 107 Å². The molecule has 1 aliphatic rings. The zero-order valence-electron chi connectivity index (χ0n) is 31.9. The lowest BCUT2D eigenvalue weighted by atomic mass is 9.78. The fraction of sp³-hybridized carbons (Fsp3) is 0.0545. The Kier molecular flexibility index (Phi) is 7.55. The Morgan fingerprint density at radius 2 is 0.877 bits per heavy atom. The lowest BCUT2D eigenvalue weighted by Crippen LogP contribution is -2.16. The number of fused-ring (bicyclic) bond motifs is 6. The van der Waals surface area contributed by atoms with E-state index in [1.807, 2.05) is 6.07 Å². The van der Waals surface area contributed by atoms with Crippen molar-refractivity contribution in [1.29, 1.82) is 0 Å². The molecule has 0 fully saturated rings. The highest BCUT2D eigenvalue weighted by Gasteiger charge is 2.37. The summed E-state index contributed by atoms with van der Waals surface area (Å²) in [6.07, 6.45) is 0. The average molecular weight is 727 g/mol. The molecular weight excluding hydrogens is 689 g/mol. The Bertz CT molecular complexity index is 3190. The van der Waals surface area contributed by atoms with Gasteiger partial charge in [-0.25, -0.2) is 9.97 Å². The van der Waals surface area contributed by atoms with Gasteiger partial charge in [0.25, 0.3) is 0 Å². The summed E-state index contributed by atoms with van der Waals surface area (Å²) in [7, 11) is 0. The molecule has 2 heteroatoms. The van der Waals surface area contributed by atoms with Crippen molar-refractivity contribution in [2.45, 2.75) is 19.3 Å². The molecule has 1 heterocycles. The Labute approximate surface area is 332 Å². The maximum absolute atomic E-state index is 5.26. The molecule has 1 aliphatic carbocycles. The van der Waals surface area contributed by atoms with Crippen molar-refractivity contribution in [3.05, 3.63) is 205 Å². The number of aromatic nitrogens is 2. The highest BCUT2D eigenvalue weighted by Crippen LogP contribution is 2.53. The van der Waals surface area contributed by atoms with E-state index in [-0.39, 0.29) is 5.41 Å². The third kappa shape index (κ3) is 5.48. The fourth-order valence-electron chi connectivity index (χ4n) is 9.20. The molecule has 0 aliphatic heterocycles. The van der Waals surface area contributed by atoms with Crippen molar-refractivity contribution >= 4 is 32.3 Å². The van der Waals surface area contributed by atoms with E-state index in [2.05, 4.69) is 202 Å². The van der Waals surface area contributed by atoms with Gasteiger partial charge in [-0.15, -0.1) is 0 Å². The summed E-state index contributed by atoms with van der Waals surface area (Å²) in [5, 5.41) is 7.28. The van der Waals surface area contributed by atoms with Gasteiger partial charge in [0.1, 0.15) is 0 Å². The Morgan fingerprint density at radius 1 is 0.333 bits per heavy atom. The number of nitrogens with zero attached hydrogens (tertiary/aromatic N) is 2. The summed E-state index contributed by atoms with van der Waals surface area (Å²) in [4.78, 5) is 10.5. The van der Waals surface area contributed by atoms with Gasteiger partial charge in [0, 0.05) is 22.1 Å². The highest BCUT2D eigenvalue weighted by atomic mass is 14.9. The third-order valence-corrected chi connectivity index (χ3v) is 12.1. The predicted molar refractivity (Wildman–Crippen MR) is 239 cm³/mol. The van der Waals surface area contributed by atoms with Crippen molar-refractivity contribution < 1.29 is 0 Å². The van der Waals surface area contributed by atoms with Gasteiger partial charge in [0.2, 0.25) is 0 Å². The second-order valence-electron chi connectivity index (χ2n) is 15.8. The highest BCUT2D eigenvalue weighted by molar-refractivity contribution is 6.05. The van der Waals surface area contributed by atoms with Crippen LogP contribution in [0.3, 0.4) is 0 Å². The molecule has 57 heavy (non-hydrogen) atoms. The second kappa shape index (κ2) is 13.0. The van der Waals surface area contributed by atoms with Gasteiger partial charge in [-0.2, -0.15) is 0 Å². The Balaban J connectivity index is 1.00. The largest absolute Gasteiger partial charge is 0.228 e. The molecule has 0 bridgehead atoms. The van der Waals surface area contributed by atoms with E-state index in [1.54, 1.807) is 0 Å². The molecule has 11 rings (SSSR count). The molecule has 9 aromatic carbocycles. The zero-order chi connectivity index (χ0) is 38.1. The second-order valence-corrected chi connectivity index (χ2v) is 15.8.